The van der Waals surface area contributed by atoms with Gasteiger partial charge < -0.3 is 16.8 Å². The Bertz CT molecular complexity index is 328. The molecule has 0 fully saturated rings. The van der Waals surface area contributed by atoms with Crippen LogP contribution in [-0.2, 0) is 4.79 Å². The SMILES string of the molecule is NC(=O)CNc1ncc(F)cc1N. The molecule has 0 saturated heterocycles. The number of amides is 1. The fourth-order valence-electron chi connectivity index (χ4n) is 0.773. The molecular weight excluding hydrogens is 175 g/mol. The van der Waals surface area contributed by atoms with Crippen molar-refractivity contribution in [2.24, 2.45) is 5.73 Å². The van der Waals surface area contributed by atoms with Gasteiger partial charge in [-0.3, -0.25) is 4.79 Å². The maximum absolute atomic E-state index is 12.5. The topological polar surface area (TPSA) is 94.0 Å². The largest absolute Gasteiger partial charge is 0.396 e. The second-order valence-corrected chi connectivity index (χ2v) is 2.41. The Balaban J connectivity index is 2.72. The van der Waals surface area contributed by atoms with Gasteiger partial charge in [0.2, 0.25) is 5.91 Å². The van der Waals surface area contributed by atoms with Gasteiger partial charge in [0.05, 0.1) is 18.4 Å². The fraction of sp³-hybridized carbons (Fsp3) is 0.143. The van der Waals surface area contributed by atoms with Gasteiger partial charge in [0.1, 0.15) is 11.6 Å². The molecule has 70 valence electrons. The van der Waals surface area contributed by atoms with Gasteiger partial charge in [-0.15, -0.1) is 0 Å². The smallest absolute Gasteiger partial charge is 0.236 e. The number of nitrogens with zero attached hydrogens (tertiary/aromatic N) is 1. The molecule has 5 N–H and O–H groups in total. The van der Waals surface area contributed by atoms with Gasteiger partial charge in [-0.1, -0.05) is 0 Å². The number of pyridine rings is 1. The summed E-state index contributed by atoms with van der Waals surface area (Å²) in [7, 11) is 0. The molecule has 0 aliphatic rings. The summed E-state index contributed by atoms with van der Waals surface area (Å²) >= 11 is 0. The highest BCUT2D eigenvalue weighted by atomic mass is 19.1. The number of carbonyl (C=O) groups excluding carboxylic acids is 1. The maximum Gasteiger partial charge on any atom is 0.236 e. The lowest BCUT2D eigenvalue weighted by Gasteiger charge is -2.05. The van der Waals surface area contributed by atoms with Crippen LogP contribution in [0, 0.1) is 5.82 Å². The van der Waals surface area contributed by atoms with E-state index in [1.807, 2.05) is 0 Å². The van der Waals surface area contributed by atoms with E-state index in [1.54, 1.807) is 0 Å². The Morgan fingerprint density at radius 1 is 1.69 bits per heavy atom. The van der Waals surface area contributed by atoms with Crippen LogP contribution in [0.3, 0.4) is 0 Å². The lowest BCUT2D eigenvalue weighted by atomic mass is 10.4. The molecule has 1 aromatic rings. The zero-order chi connectivity index (χ0) is 9.84. The van der Waals surface area contributed by atoms with Crippen molar-refractivity contribution in [2.45, 2.75) is 0 Å². The van der Waals surface area contributed by atoms with Crippen molar-refractivity contribution in [2.75, 3.05) is 17.6 Å². The third kappa shape index (κ3) is 2.58. The molecule has 0 aliphatic heterocycles. The molecule has 0 aliphatic carbocycles. The fourth-order valence-corrected chi connectivity index (χ4v) is 0.773. The van der Waals surface area contributed by atoms with E-state index >= 15 is 0 Å². The van der Waals surface area contributed by atoms with Crippen LogP contribution in [0.25, 0.3) is 0 Å². The lowest BCUT2D eigenvalue weighted by Crippen LogP contribution is -2.22. The average Bonchev–Trinajstić information content (AvgIpc) is 2.02. The molecule has 0 radical (unpaired) electrons. The van der Waals surface area contributed by atoms with Crippen molar-refractivity contribution >= 4 is 17.4 Å². The molecule has 5 nitrogen and oxygen atoms in total. The Hall–Kier alpha value is -1.85. The van der Waals surface area contributed by atoms with Gasteiger partial charge in [-0.05, 0) is 0 Å². The average molecular weight is 184 g/mol. The van der Waals surface area contributed by atoms with E-state index in [9.17, 15) is 9.18 Å². The van der Waals surface area contributed by atoms with Crippen LogP contribution in [0.4, 0.5) is 15.9 Å². The van der Waals surface area contributed by atoms with Gasteiger partial charge >= 0.3 is 0 Å². The number of hydrogen-bond acceptors (Lipinski definition) is 4. The second kappa shape index (κ2) is 3.70. The van der Waals surface area contributed by atoms with Crippen LogP contribution >= 0.6 is 0 Å². The van der Waals surface area contributed by atoms with Crippen molar-refractivity contribution in [1.82, 2.24) is 4.98 Å². The summed E-state index contributed by atoms with van der Waals surface area (Å²) in [6.07, 6.45) is 1.000. The number of hydrogen-bond donors (Lipinski definition) is 3. The van der Waals surface area contributed by atoms with Crippen LogP contribution in [-0.4, -0.2) is 17.4 Å². The zero-order valence-corrected chi connectivity index (χ0v) is 6.75. The van der Waals surface area contributed by atoms with E-state index in [0.717, 1.165) is 12.3 Å². The lowest BCUT2D eigenvalue weighted by molar-refractivity contribution is -0.116. The Morgan fingerprint density at radius 3 is 2.92 bits per heavy atom. The molecule has 1 rings (SSSR count). The molecule has 0 unspecified atom stereocenters. The first-order chi connectivity index (χ1) is 6.09. The van der Waals surface area contributed by atoms with Gasteiger partial charge in [0.25, 0.3) is 0 Å². The van der Waals surface area contributed by atoms with Gasteiger partial charge in [0.15, 0.2) is 0 Å². The molecular formula is C7H9FN4O. The zero-order valence-electron chi connectivity index (χ0n) is 6.75. The summed E-state index contributed by atoms with van der Waals surface area (Å²) in [5.74, 6) is -0.812. The molecule has 0 aromatic carbocycles. The number of aromatic nitrogens is 1. The third-order valence-electron chi connectivity index (χ3n) is 1.31. The number of nitrogens with two attached hydrogens (primary N) is 2. The molecule has 6 heteroatoms. The second-order valence-electron chi connectivity index (χ2n) is 2.41. The van der Waals surface area contributed by atoms with Crippen LogP contribution in [0.2, 0.25) is 0 Å². The number of primary amides is 1. The Labute approximate surface area is 73.9 Å². The highest BCUT2D eigenvalue weighted by molar-refractivity contribution is 5.79. The van der Waals surface area contributed by atoms with E-state index in [4.69, 9.17) is 11.5 Å². The number of nitrogen functional groups attached to an aromatic ring is 1. The first-order valence-corrected chi connectivity index (χ1v) is 3.53. The highest BCUT2D eigenvalue weighted by Crippen LogP contribution is 2.14. The Morgan fingerprint density at radius 2 is 2.38 bits per heavy atom. The highest BCUT2D eigenvalue weighted by Gasteiger charge is 2.02. The summed E-state index contributed by atoms with van der Waals surface area (Å²) in [4.78, 5) is 14.0. The molecule has 0 saturated carbocycles. The minimum absolute atomic E-state index is 0.0805. The monoisotopic (exact) mass is 184 g/mol. The minimum Gasteiger partial charge on any atom is -0.396 e. The van der Waals surface area contributed by atoms with Crippen LogP contribution in [0.15, 0.2) is 12.3 Å². The first-order valence-electron chi connectivity index (χ1n) is 3.53. The van der Waals surface area contributed by atoms with Crippen molar-refractivity contribution in [1.29, 1.82) is 0 Å². The predicted molar refractivity (Wildman–Crippen MR) is 46.3 cm³/mol. The minimum atomic E-state index is -0.537. The number of nitrogens with one attached hydrogen (secondary N) is 1. The van der Waals surface area contributed by atoms with Crippen LogP contribution in [0.5, 0.6) is 0 Å². The van der Waals surface area contributed by atoms with Crippen molar-refractivity contribution in [3.8, 4) is 0 Å². The number of rotatable bonds is 3. The summed E-state index contributed by atoms with van der Waals surface area (Å²) < 4.78 is 12.5. The van der Waals surface area contributed by atoms with Gasteiger partial charge in [-0.2, -0.15) is 0 Å². The number of anilines is 2. The maximum atomic E-state index is 12.5. The summed E-state index contributed by atoms with van der Waals surface area (Å²) in [5, 5.41) is 2.56. The standard InChI is InChI=1S/C7H9FN4O/c8-4-1-5(9)7(11-2-4)12-3-6(10)13/h1-2H,3,9H2,(H2,10,13)(H,11,12). The van der Waals surface area contributed by atoms with Crippen molar-refractivity contribution < 1.29 is 9.18 Å². The van der Waals surface area contributed by atoms with Crippen molar-refractivity contribution in [3.63, 3.8) is 0 Å². The first kappa shape index (κ1) is 9.24. The van der Waals surface area contributed by atoms with Crippen molar-refractivity contribution in [3.05, 3.63) is 18.1 Å². The van der Waals surface area contributed by atoms with E-state index < -0.39 is 11.7 Å². The molecule has 1 heterocycles. The van der Waals surface area contributed by atoms with Gasteiger partial charge in [-0.25, -0.2) is 9.37 Å². The van der Waals surface area contributed by atoms with E-state index in [2.05, 4.69) is 10.3 Å². The normalized spacial score (nSPS) is 9.62. The molecule has 1 aromatic heterocycles. The molecule has 0 spiro atoms. The van der Waals surface area contributed by atoms with Crippen LogP contribution in [0.1, 0.15) is 0 Å². The van der Waals surface area contributed by atoms with E-state index in [-0.39, 0.29) is 18.1 Å². The molecule has 13 heavy (non-hydrogen) atoms. The summed E-state index contributed by atoms with van der Waals surface area (Å²) in [5.41, 5.74) is 10.4. The number of carbonyl (C=O) groups is 1. The predicted octanol–water partition coefficient (Wildman–Crippen LogP) is -0.300. The molecule has 1 amide bonds. The third-order valence-corrected chi connectivity index (χ3v) is 1.31. The molecule has 0 atom stereocenters. The van der Waals surface area contributed by atoms with Crippen LogP contribution < -0.4 is 16.8 Å². The number of halogens is 1. The quantitative estimate of drug-likeness (QED) is 0.601. The Kier molecular flexibility index (Phi) is 2.63. The van der Waals surface area contributed by atoms with E-state index in [1.165, 1.54) is 0 Å². The summed E-state index contributed by atoms with van der Waals surface area (Å²) in [6.45, 7) is -0.0805. The van der Waals surface area contributed by atoms with Gasteiger partial charge in [0, 0.05) is 6.07 Å². The molecule has 0 bridgehead atoms. The summed E-state index contributed by atoms with van der Waals surface area (Å²) in [6, 6.07) is 1.11. The van der Waals surface area contributed by atoms with E-state index in [0.29, 0.717) is 0 Å².